The summed E-state index contributed by atoms with van der Waals surface area (Å²) < 4.78 is 19.1. The van der Waals surface area contributed by atoms with Crippen LogP contribution in [0.5, 0.6) is 0 Å². The molecule has 4 nitrogen and oxygen atoms in total. The number of hydrogen-bond donors (Lipinski definition) is 1. The minimum atomic E-state index is -0.255. The number of aryl methyl sites for hydroxylation is 1. The predicted molar refractivity (Wildman–Crippen MR) is 63.8 cm³/mol. The highest BCUT2D eigenvalue weighted by Crippen LogP contribution is 2.27. The maximum atomic E-state index is 14.0. The second-order valence-electron chi connectivity index (χ2n) is 4.31. The fraction of sp³-hybridized carbons (Fsp3) is 0.417. The van der Waals surface area contributed by atoms with Crippen LogP contribution >= 0.6 is 0 Å². The van der Waals surface area contributed by atoms with Crippen LogP contribution in [0.15, 0.2) is 16.7 Å². The molecule has 0 radical (unpaired) electrons. The maximum absolute atomic E-state index is 14.0. The van der Waals surface area contributed by atoms with Crippen LogP contribution in [0.3, 0.4) is 0 Å². The molecular formula is C12H14FN3O. The van der Waals surface area contributed by atoms with E-state index in [-0.39, 0.29) is 5.82 Å². The van der Waals surface area contributed by atoms with Crippen LogP contribution in [-0.4, -0.2) is 31.3 Å². The van der Waals surface area contributed by atoms with Crippen LogP contribution in [-0.2, 0) is 0 Å². The Morgan fingerprint density at radius 3 is 2.88 bits per heavy atom. The van der Waals surface area contributed by atoms with E-state index < -0.39 is 0 Å². The lowest BCUT2D eigenvalue weighted by molar-refractivity contribution is 0.450. The van der Waals surface area contributed by atoms with E-state index >= 15 is 0 Å². The third kappa shape index (κ3) is 1.76. The molecule has 0 aliphatic carbocycles. The molecule has 0 unspecified atom stereocenters. The molecule has 0 spiro atoms. The van der Waals surface area contributed by atoms with Gasteiger partial charge in [-0.05, 0) is 13.0 Å². The van der Waals surface area contributed by atoms with Gasteiger partial charge in [-0.25, -0.2) is 4.39 Å². The first kappa shape index (κ1) is 10.5. The van der Waals surface area contributed by atoms with Gasteiger partial charge in [0.2, 0.25) is 0 Å². The van der Waals surface area contributed by atoms with E-state index in [1.807, 2.05) is 6.07 Å². The molecule has 0 amide bonds. The van der Waals surface area contributed by atoms with Crippen molar-refractivity contribution in [1.29, 1.82) is 0 Å². The van der Waals surface area contributed by atoms with E-state index in [0.717, 1.165) is 31.9 Å². The first-order valence-corrected chi connectivity index (χ1v) is 5.77. The molecule has 1 aromatic carbocycles. The van der Waals surface area contributed by atoms with Gasteiger partial charge in [0, 0.05) is 37.9 Å². The minimum Gasteiger partial charge on any atom is -0.369 e. The smallest absolute Gasteiger partial charge is 0.172 e. The summed E-state index contributed by atoms with van der Waals surface area (Å²) >= 11 is 0. The summed E-state index contributed by atoms with van der Waals surface area (Å²) in [4.78, 5) is 2.15. The first-order valence-electron chi connectivity index (χ1n) is 5.77. The summed E-state index contributed by atoms with van der Waals surface area (Å²) in [7, 11) is 0. The predicted octanol–water partition coefficient (Wildman–Crippen LogP) is 1.68. The first-order chi connectivity index (χ1) is 8.25. The van der Waals surface area contributed by atoms with E-state index in [4.69, 9.17) is 4.52 Å². The Bertz CT molecular complexity index is 546. The number of rotatable bonds is 1. The van der Waals surface area contributed by atoms with Gasteiger partial charge in [0.05, 0.1) is 11.1 Å². The summed E-state index contributed by atoms with van der Waals surface area (Å²) in [6, 6.07) is 3.43. The Labute approximate surface area is 98.4 Å². The van der Waals surface area contributed by atoms with Crippen molar-refractivity contribution in [2.24, 2.45) is 0 Å². The van der Waals surface area contributed by atoms with E-state index in [0.29, 0.717) is 16.7 Å². The summed E-state index contributed by atoms with van der Waals surface area (Å²) in [5, 5.41) is 7.56. The van der Waals surface area contributed by atoms with Gasteiger partial charge in [0.1, 0.15) is 5.82 Å². The Kier molecular flexibility index (Phi) is 2.48. The molecule has 1 saturated heterocycles. The highest BCUT2D eigenvalue weighted by molar-refractivity contribution is 5.83. The molecule has 1 N–H and O–H groups in total. The van der Waals surface area contributed by atoms with Gasteiger partial charge in [-0.15, -0.1) is 0 Å². The molecule has 0 saturated carbocycles. The Hall–Kier alpha value is -1.62. The van der Waals surface area contributed by atoms with Gasteiger partial charge in [-0.2, -0.15) is 0 Å². The van der Waals surface area contributed by atoms with Crippen LogP contribution < -0.4 is 10.2 Å². The topological polar surface area (TPSA) is 41.3 Å². The van der Waals surface area contributed by atoms with Crippen molar-refractivity contribution in [3.63, 3.8) is 0 Å². The summed E-state index contributed by atoms with van der Waals surface area (Å²) in [5.41, 5.74) is 1.99. The highest BCUT2D eigenvalue weighted by atomic mass is 19.1. The van der Waals surface area contributed by atoms with Crippen molar-refractivity contribution >= 4 is 16.7 Å². The number of aromatic nitrogens is 1. The molecule has 3 rings (SSSR count). The number of nitrogens with one attached hydrogen (secondary N) is 1. The van der Waals surface area contributed by atoms with E-state index in [1.165, 1.54) is 0 Å². The maximum Gasteiger partial charge on any atom is 0.172 e. The monoisotopic (exact) mass is 235 g/mol. The quantitative estimate of drug-likeness (QED) is 0.816. The summed E-state index contributed by atoms with van der Waals surface area (Å²) in [5.74, 6) is -0.255. The standard InChI is InChI=1S/C12H14FN3O/c1-8-12-10(13)6-9(7-11(12)17-15-8)16-4-2-14-3-5-16/h6-7,14H,2-5H2,1H3. The molecule has 2 aromatic rings. The Morgan fingerprint density at radius 2 is 2.12 bits per heavy atom. The van der Waals surface area contributed by atoms with Gasteiger partial charge >= 0.3 is 0 Å². The molecule has 2 heterocycles. The summed E-state index contributed by atoms with van der Waals surface area (Å²) in [6.45, 7) is 5.37. The van der Waals surface area contributed by atoms with Crippen LogP contribution in [0.1, 0.15) is 5.69 Å². The summed E-state index contributed by atoms with van der Waals surface area (Å²) in [6.07, 6.45) is 0. The SMILES string of the molecule is Cc1noc2cc(N3CCNCC3)cc(F)c12. The third-order valence-corrected chi connectivity index (χ3v) is 3.16. The number of nitrogens with zero attached hydrogens (tertiary/aromatic N) is 2. The van der Waals surface area contributed by atoms with Crippen LogP contribution in [0, 0.1) is 12.7 Å². The lowest BCUT2D eigenvalue weighted by Crippen LogP contribution is -2.43. The Morgan fingerprint density at radius 1 is 1.35 bits per heavy atom. The molecule has 17 heavy (non-hydrogen) atoms. The number of benzene rings is 1. The fourth-order valence-corrected chi connectivity index (χ4v) is 2.26. The zero-order chi connectivity index (χ0) is 11.8. The third-order valence-electron chi connectivity index (χ3n) is 3.16. The van der Waals surface area contributed by atoms with Crippen LogP contribution in [0.4, 0.5) is 10.1 Å². The lowest BCUT2D eigenvalue weighted by atomic mass is 10.1. The molecule has 0 atom stereocenters. The minimum absolute atomic E-state index is 0.255. The number of piperazine rings is 1. The largest absolute Gasteiger partial charge is 0.369 e. The van der Waals surface area contributed by atoms with Crippen molar-refractivity contribution in [1.82, 2.24) is 10.5 Å². The van der Waals surface area contributed by atoms with Crippen molar-refractivity contribution in [3.8, 4) is 0 Å². The van der Waals surface area contributed by atoms with E-state index in [2.05, 4.69) is 15.4 Å². The molecule has 1 aliphatic heterocycles. The molecule has 1 aliphatic rings. The number of anilines is 1. The van der Waals surface area contributed by atoms with Crippen molar-refractivity contribution in [2.75, 3.05) is 31.1 Å². The van der Waals surface area contributed by atoms with Crippen molar-refractivity contribution in [3.05, 3.63) is 23.6 Å². The zero-order valence-corrected chi connectivity index (χ0v) is 9.66. The van der Waals surface area contributed by atoms with Crippen LogP contribution in [0.25, 0.3) is 11.0 Å². The second kappa shape index (κ2) is 4.00. The molecule has 0 bridgehead atoms. The molecule has 1 aromatic heterocycles. The molecule has 5 heteroatoms. The Balaban J connectivity index is 2.05. The highest BCUT2D eigenvalue weighted by Gasteiger charge is 2.16. The fourth-order valence-electron chi connectivity index (χ4n) is 2.26. The average Bonchev–Trinajstić information content (AvgIpc) is 2.73. The van der Waals surface area contributed by atoms with Crippen molar-refractivity contribution < 1.29 is 8.91 Å². The van der Waals surface area contributed by atoms with Gasteiger partial charge < -0.3 is 14.7 Å². The molecular weight excluding hydrogens is 221 g/mol. The normalized spacial score (nSPS) is 16.7. The molecule has 1 fully saturated rings. The zero-order valence-electron chi connectivity index (χ0n) is 9.66. The van der Waals surface area contributed by atoms with Crippen molar-refractivity contribution in [2.45, 2.75) is 6.92 Å². The lowest BCUT2D eigenvalue weighted by Gasteiger charge is -2.29. The second-order valence-corrected chi connectivity index (χ2v) is 4.31. The van der Waals surface area contributed by atoms with Gasteiger partial charge in [0.25, 0.3) is 0 Å². The number of hydrogen-bond acceptors (Lipinski definition) is 4. The van der Waals surface area contributed by atoms with Gasteiger partial charge in [0.15, 0.2) is 5.58 Å². The number of fused-ring (bicyclic) bond motifs is 1. The van der Waals surface area contributed by atoms with E-state index in [9.17, 15) is 4.39 Å². The molecule has 90 valence electrons. The van der Waals surface area contributed by atoms with Gasteiger partial charge in [-0.1, -0.05) is 5.16 Å². The van der Waals surface area contributed by atoms with E-state index in [1.54, 1.807) is 13.0 Å². The average molecular weight is 235 g/mol. The number of halogens is 1. The van der Waals surface area contributed by atoms with Gasteiger partial charge in [-0.3, -0.25) is 0 Å². The van der Waals surface area contributed by atoms with Crippen LogP contribution in [0.2, 0.25) is 0 Å².